The van der Waals surface area contributed by atoms with E-state index in [9.17, 15) is 0 Å². The summed E-state index contributed by atoms with van der Waals surface area (Å²) in [4.78, 5) is 4.30. The first kappa shape index (κ1) is 8.98. The lowest BCUT2D eigenvalue weighted by Crippen LogP contribution is -1.86. The molecule has 0 bridgehead atoms. The first-order chi connectivity index (χ1) is 5.75. The lowest BCUT2D eigenvalue weighted by atomic mass is 10.0. The highest BCUT2D eigenvalue weighted by atomic mass is 14.7. The molecule has 1 heteroatoms. The van der Waals surface area contributed by atoms with Gasteiger partial charge in [-0.25, -0.2) is 0 Å². The molecule has 0 fully saturated rings. The summed E-state index contributed by atoms with van der Waals surface area (Å²) < 4.78 is 0. The summed E-state index contributed by atoms with van der Waals surface area (Å²) in [5.74, 6) is 0.546. The molecule has 0 atom stereocenters. The zero-order chi connectivity index (χ0) is 8.97. The van der Waals surface area contributed by atoms with E-state index in [0.29, 0.717) is 5.92 Å². The van der Waals surface area contributed by atoms with Crippen molar-refractivity contribution in [2.45, 2.75) is 26.7 Å². The fourth-order valence-electron chi connectivity index (χ4n) is 1.23. The largest absolute Gasteiger partial charge is 0.261 e. The van der Waals surface area contributed by atoms with Crippen molar-refractivity contribution in [2.24, 2.45) is 4.99 Å². The van der Waals surface area contributed by atoms with E-state index >= 15 is 0 Å². The van der Waals surface area contributed by atoms with Crippen molar-refractivity contribution in [2.75, 3.05) is 0 Å². The molecule has 0 aliphatic heterocycles. The Balaban J connectivity index is 3.08. The number of rotatable bonds is 2. The maximum absolute atomic E-state index is 4.30. The van der Waals surface area contributed by atoms with Gasteiger partial charge < -0.3 is 0 Å². The van der Waals surface area contributed by atoms with Crippen LogP contribution in [0.25, 0.3) is 0 Å². The van der Waals surface area contributed by atoms with Gasteiger partial charge in [-0.1, -0.05) is 32.0 Å². The lowest BCUT2D eigenvalue weighted by molar-refractivity contribution is 0.867. The Morgan fingerprint density at radius 2 is 1.92 bits per heavy atom. The first-order valence-electron chi connectivity index (χ1n) is 4.33. The Kier molecular flexibility index (Phi) is 3.03. The van der Waals surface area contributed by atoms with Gasteiger partial charge in [0.25, 0.3) is 0 Å². The van der Waals surface area contributed by atoms with Crippen LogP contribution in [0.1, 0.15) is 32.3 Å². The van der Waals surface area contributed by atoms with Gasteiger partial charge in [0.2, 0.25) is 0 Å². The predicted molar refractivity (Wildman–Crippen MR) is 54.4 cm³/mol. The van der Waals surface area contributed by atoms with Crippen LogP contribution < -0.4 is 0 Å². The Morgan fingerprint density at radius 3 is 2.50 bits per heavy atom. The van der Waals surface area contributed by atoms with Crippen LogP contribution in [-0.2, 0) is 0 Å². The zero-order valence-corrected chi connectivity index (χ0v) is 7.91. The van der Waals surface area contributed by atoms with Gasteiger partial charge in [0.15, 0.2) is 0 Å². The van der Waals surface area contributed by atoms with E-state index in [0.717, 1.165) is 5.69 Å². The summed E-state index contributed by atoms with van der Waals surface area (Å²) in [5, 5.41) is 0. The van der Waals surface area contributed by atoms with Crippen LogP contribution in [0.5, 0.6) is 0 Å². The third-order valence-corrected chi connectivity index (χ3v) is 1.83. The predicted octanol–water partition coefficient (Wildman–Crippen LogP) is 3.53. The molecule has 0 unspecified atom stereocenters. The number of hydrogen-bond donors (Lipinski definition) is 0. The highest BCUT2D eigenvalue weighted by Crippen LogP contribution is 2.25. The Bertz CT molecular complexity index is 274. The maximum atomic E-state index is 4.30. The minimum absolute atomic E-state index is 0.546. The Hall–Kier alpha value is -1.11. The topological polar surface area (TPSA) is 12.4 Å². The van der Waals surface area contributed by atoms with Crippen LogP contribution in [0, 0.1) is 0 Å². The smallest absolute Gasteiger partial charge is 0.0660 e. The molecular formula is C11H15N. The molecule has 1 aromatic carbocycles. The van der Waals surface area contributed by atoms with Gasteiger partial charge in [0.1, 0.15) is 0 Å². The van der Waals surface area contributed by atoms with E-state index in [1.54, 1.807) is 0 Å². The van der Waals surface area contributed by atoms with Gasteiger partial charge in [-0.15, -0.1) is 0 Å². The van der Waals surface area contributed by atoms with E-state index in [-0.39, 0.29) is 0 Å². The molecule has 12 heavy (non-hydrogen) atoms. The monoisotopic (exact) mass is 161 g/mol. The van der Waals surface area contributed by atoms with Crippen molar-refractivity contribution in [3.05, 3.63) is 29.8 Å². The fraction of sp³-hybridized carbons (Fsp3) is 0.364. The number of benzene rings is 1. The minimum Gasteiger partial charge on any atom is -0.261 e. The lowest BCUT2D eigenvalue weighted by Gasteiger charge is -2.07. The standard InChI is InChI=1S/C11H15N/c1-4-12-11-8-6-5-7-10(11)9(2)3/h4-9H,1-3H3. The second-order valence-electron chi connectivity index (χ2n) is 3.10. The van der Waals surface area contributed by atoms with Crippen LogP contribution in [0.4, 0.5) is 5.69 Å². The SMILES string of the molecule is CC=Nc1ccccc1C(C)C. The van der Waals surface area contributed by atoms with Crippen molar-refractivity contribution < 1.29 is 0 Å². The molecule has 0 saturated heterocycles. The molecular weight excluding hydrogens is 146 g/mol. The van der Waals surface area contributed by atoms with Gasteiger partial charge in [0.05, 0.1) is 5.69 Å². The molecule has 0 spiro atoms. The first-order valence-corrected chi connectivity index (χ1v) is 4.33. The quantitative estimate of drug-likeness (QED) is 0.588. The van der Waals surface area contributed by atoms with Crippen molar-refractivity contribution in [3.8, 4) is 0 Å². The molecule has 0 aliphatic rings. The second-order valence-corrected chi connectivity index (χ2v) is 3.10. The fourth-order valence-corrected chi connectivity index (χ4v) is 1.23. The summed E-state index contributed by atoms with van der Waals surface area (Å²) in [6.45, 7) is 6.31. The van der Waals surface area contributed by atoms with Gasteiger partial charge in [-0.05, 0) is 24.5 Å². The molecule has 0 heterocycles. The zero-order valence-electron chi connectivity index (χ0n) is 7.91. The molecule has 1 rings (SSSR count). The maximum Gasteiger partial charge on any atom is 0.0660 e. The van der Waals surface area contributed by atoms with Gasteiger partial charge >= 0.3 is 0 Å². The second kappa shape index (κ2) is 4.05. The Morgan fingerprint density at radius 1 is 1.25 bits per heavy atom. The van der Waals surface area contributed by atoms with E-state index in [1.807, 2.05) is 19.2 Å². The molecule has 0 N–H and O–H groups in total. The third-order valence-electron chi connectivity index (χ3n) is 1.83. The van der Waals surface area contributed by atoms with Crippen LogP contribution in [0.3, 0.4) is 0 Å². The van der Waals surface area contributed by atoms with E-state index in [1.165, 1.54) is 5.56 Å². The average Bonchev–Trinajstić information content (AvgIpc) is 2.05. The van der Waals surface area contributed by atoms with Crippen molar-refractivity contribution in [1.82, 2.24) is 0 Å². The highest BCUT2D eigenvalue weighted by Gasteiger charge is 2.02. The average molecular weight is 161 g/mol. The molecule has 0 aromatic heterocycles. The van der Waals surface area contributed by atoms with Crippen molar-refractivity contribution in [3.63, 3.8) is 0 Å². The summed E-state index contributed by atoms with van der Waals surface area (Å²) in [5.41, 5.74) is 2.41. The highest BCUT2D eigenvalue weighted by molar-refractivity contribution is 5.62. The van der Waals surface area contributed by atoms with Crippen LogP contribution in [-0.4, -0.2) is 6.21 Å². The molecule has 0 saturated carbocycles. The number of nitrogens with zero attached hydrogens (tertiary/aromatic N) is 1. The van der Waals surface area contributed by atoms with Crippen LogP contribution in [0.2, 0.25) is 0 Å². The normalized spacial score (nSPS) is 11.3. The van der Waals surface area contributed by atoms with E-state index in [4.69, 9.17) is 0 Å². The molecule has 0 amide bonds. The van der Waals surface area contributed by atoms with Gasteiger partial charge in [-0.3, -0.25) is 4.99 Å². The van der Waals surface area contributed by atoms with E-state index < -0.39 is 0 Å². The number of aliphatic imine (C=N–C) groups is 1. The molecule has 0 radical (unpaired) electrons. The van der Waals surface area contributed by atoms with Gasteiger partial charge in [-0.2, -0.15) is 0 Å². The van der Waals surface area contributed by atoms with Crippen LogP contribution in [0.15, 0.2) is 29.3 Å². The summed E-state index contributed by atoms with van der Waals surface area (Å²) in [6.07, 6.45) is 1.83. The Labute approximate surface area is 74.2 Å². The van der Waals surface area contributed by atoms with Crippen molar-refractivity contribution >= 4 is 11.9 Å². The summed E-state index contributed by atoms with van der Waals surface area (Å²) in [6, 6.07) is 8.26. The van der Waals surface area contributed by atoms with Crippen molar-refractivity contribution in [1.29, 1.82) is 0 Å². The van der Waals surface area contributed by atoms with E-state index in [2.05, 4.69) is 37.0 Å². The van der Waals surface area contributed by atoms with Crippen LogP contribution >= 0.6 is 0 Å². The summed E-state index contributed by atoms with van der Waals surface area (Å²) >= 11 is 0. The minimum atomic E-state index is 0.546. The van der Waals surface area contributed by atoms with Gasteiger partial charge in [0, 0.05) is 6.21 Å². The summed E-state index contributed by atoms with van der Waals surface area (Å²) in [7, 11) is 0. The molecule has 64 valence electrons. The molecule has 1 aromatic rings. The molecule has 1 nitrogen and oxygen atoms in total. The third kappa shape index (κ3) is 1.94. The number of para-hydroxylation sites is 1. The molecule has 0 aliphatic carbocycles. The number of hydrogen-bond acceptors (Lipinski definition) is 1.